The monoisotopic (exact) mass is 337 g/mol. The molecule has 2 fully saturated rings. The van der Waals surface area contributed by atoms with Crippen LogP contribution in [0.5, 0.6) is 0 Å². The van der Waals surface area contributed by atoms with Crippen LogP contribution in [-0.4, -0.2) is 15.7 Å². The van der Waals surface area contributed by atoms with E-state index in [9.17, 15) is 4.79 Å². The number of hydrogen-bond donors (Lipinski definition) is 1. The summed E-state index contributed by atoms with van der Waals surface area (Å²) in [5, 5.41) is 7.80. The van der Waals surface area contributed by atoms with Gasteiger partial charge in [-0.1, -0.05) is 24.6 Å². The van der Waals surface area contributed by atoms with E-state index in [0.29, 0.717) is 18.9 Å². The average Bonchev–Trinajstić information content (AvgIpc) is 3.29. The standard InChI is InChI=1S/C21H27N3O/c1-14-20(15(2)24(23-14)19-6-4-3-5-7-19)13-22-21(25)12-18-11-16-8-9-17(18)10-16/h3-7,16-18H,8-13H2,1-2H3,(H,22,25)/t16-,17+,18-/m0/s1. The third-order valence-electron chi connectivity index (χ3n) is 6.24. The molecule has 4 heteroatoms. The topological polar surface area (TPSA) is 46.9 Å². The largest absolute Gasteiger partial charge is 0.352 e. The molecule has 1 amide bonds. The minimum absolute atomic E-state index is 0.198. The van der Waals surface area contributed by atoms with Gasteiger partial charge in [0.15, 0.2) is 0 Å². The molecule has 1 heterocycles. The van der Waals surface area contributed by atoms with E-state index < -0.39 is 0 Å². The lowest BCUT2D eigenvalue weighted by atomic mass is 9.86. The van der Waals surface area contributed by atoms with Gasteiger partial charge >= 0.3 is 0 Å². The van der Waals surface area contributed by atoms with E-state index >= 15 is 0 Å². The van der Waals surface area contributed by atoms with Crippen LogP contribution in [0.2, 0.25) is 0 Å². The van der Waals surface area contributed by atoms with Crippen molar-refractivity contribution in [3.63, 3.8) is 0 Å². The normalized spacial score (nSPS) is 24.6. The molecule has 132 valence electrons. The van der Waals surface area contributed by atoms with Crippen LogP contribution >= 0.6 is 0 Å². The van der Waals surface area contributed by atoms with Crippen LogP contribution in [0.1, 0.15) is 49.1 Å². The zero-order chi connectivity index (χ0) is 17.4. The van der Waals surface area contributed by atoms with Gasteiger partial charge in [-0.25, -0.2) is 4.68 Å². The number of hydrogen-bond acceptors (Lipinski definition) is 2. The van der Waals surface area contributed by atoms with E-state index in [1.165, 1.54) is 25.7 Å². The lowest BCUT2D eigenvalue weighted by Crippen LogP contribution is -2.27. The van der Waals surface area contributed by atoms with Gasteiger partial charge < -0.3 is 5.32 Å². The van der Waals surface area contributed by atoms with Gasteiger partial charge in [0, 0.05) is 24.2 Å². The van der Waals surface area contributed by atoms with E-state index in [4.69, 9.17) is 0 Å². The van der Waals surface area contributed by atoms with E-state index in [-0.39, 0.29) is 5.91 Å². The fourth-order valence-electron chi connectivity index (χ4n) is 4.88. The first-order valence-corrected chi connectivity index (χ1v) is 9.49. The molecule has 4 nitrogen and oxygen atoms in total. The van der Waals surface area contributed by atoms with Crippen LogP contribution in [0.3, 0.4) is 0 Å². The predicted molar refractivity (Wildman–Crippen MR) is 98.4 cm³/mol. The number of fused-ring (bicyclic) bond motifs is 2. The third kappa shape index (κ3) is 3.22. The highest BCUT2D eigenvalue weighted by Crippen LogP contribution is 2.49. The van der Waals surface area contributed by atoms with Gasteiger partial charge in [0.05, 0.1) is 11.4 Å². The molecule has 0 spiro atoms. The van der Waals surface area contributed by atoms with Crippen LogP contribution in [0, 0.1) is 31.6 Å². The number of amides is 1. The summed E-state index contributed by atoms with van der Waals surface area (Å²) in [5.74, 6) is 2.52. The first-order valence-electron chi connectivity index (χ1n) is 9.49. The highest BCUT2D eigenvalue weighted by atomic mass is 16.1. The van der Waals surface area contributed by atoms with Crippen molar-refractivity contribution in [2.75, 3.05) is 0 Å². The maximum atomic E-state index is 12.4. The SMILES string of the molecule is Cc1nn(-c2ccccc2)c(C)c1CNC(=O)C[C@@H]1C[C@H]2CC[C@@H]1C2. The molecule has 2 aromatic rings. The molecule has 1 aromatic carbocycles. The van der Waals surface area contributed by atoms with Crippen molar-refractivity contribution in [1.29, 1.82) is 0 Å². The number of benzene rings is 1. The molecule has 0 saturated heterocycles. The van der Waals surface area contributed by atoms with Crippen LogP contribution in [0.15, 0.2) is 30.3 Å². The van der Waals surface area contributed by atoms with Gasteiger partial charge in [-0.3, -0.25) is 4.79 Å². The Morgan fingerprint density at radius 3 is 2.68 bits per heavy atom. The maximum absolute atomic E-state index is 12.4. The summed E-state index contributed by atoms with van der Waals surface area (Å²) < 4.78 is 1.97. The molecule has 1 aromatic heterocycles. The van der Waals surface area contributed by atoms with Crippen molar-refractivity contribution >= 4 is 5.91 Å². The van der Waals surface area contributed by atoms with E-state index in [1.807, 2.05) is 29.8 Å². The van der Waals surface area contributed by atoms with Crippen molar-refractivity contribution in [3.8, 4) is 5.69 Å². The number of para-hydroxylation sites is 1. The first-order chi connectivity index (χ1) is 12.1. The van der Waals surface area contributed by atoms with E-state index in [0.717, 1.165) is 34.5 Å². The summed E-state index contributed by atoms with van der Waals surface area (Å²) in [5.41, 5.74) is 4.28. The fourth-order valence-corrected chi connectivity index (χ4v) is 4.88. The minimum atomic E-state index is 0.198. The second kappa shape index (κ2) is 6.66. The summed E-state index contributed by atoms with van der Waals surface area (Å²) in [4.78, 5) is 12.4. The molecule has 25 heavy (non-hydrogen) atoms. The predicted octanol–water partition coefficient (Wildman–Crippen LogP) is 3.93. The number of nitrogens with one attached hydrogen (secondary N) is 1. The molecule has 1 N–H and O–H groups in total. The zero-order valence-electron chi connectivity index (χ0n) is 15.2. The van der Waals surface area contributed by atoms with Crippen molar-refractivity contribution in [2.45, 2.75) is 52.5 Å². The number of carbonyl (C=O) groups is 1. The van der Waals surface area contributed by atoms with Gasteiger partial charge in [-0.15, -0.1) is 0 Å². The summed E-state index contributed by atoms with van der Waals surface area (Å²) >= 11 is 0. The number of rotatable bonds is 5. The Morgan fingerprint density at radius 1 is 1.20 bits per heavy atom. The van der Waals surface area contributed by atoms with Crippen molar-refractivity contribution in [1.82, 2.24) is 15.1 Å². The van der Waals surface area contributed by atoms with Crippen LogP contribution < -0.4 is 5.32 Å². The second-order valence-corrected chi connectivity index (χ2v) is 7.81. The Morgan fingerprint density at radius 2 is 2.00 bits per heavy atom. The van der Waals surface area contributed by atoms with Crippen LogP contribution in [-0.2, 0) is 11.3 Å². The molecule has 3 atom stereocenters. The van der Waals surface area contributed by atoms with Gasteiger partial charge in [0.2, 0.25) is 5.91 Å². The molecule has 2 bridgehead atoms. The number of carbonyl (C=O) groups excluding carboxylic acids is 1. The molecular formula is C21H27N3O. The second-order valence-electron chi connectivity index (χ2n) is 7.81. The Bertz CT molecular complexity index is 765. The van der Waals surface area contributed by atoms with Crippen molar-refractivity contribution in [2.24, 2.45) is 17.8 Å². The molecule has 2 aliphatic carbocycles. The fraction of sp³-hybridized carbons (Fsp3) is 0.524. The van der Waals surface area contributed by atoms with Crippen LogP contribution in [0.4, 0.5) is 0 Å². The Kier molecular flexibility index (Phi) is 4.36. The first kappa shape index (κ1) is 16.4. The quantitative estimate of drug-likeness (QED) is 0.898. The van der Waals surface area contributed by atoms with Gasteiger partial charge in [0.25, 0.3) is 0 Å². The van der Waals surface area contributed by atoms with E-state index in [1.54, 1.807) is 0 Å². The highest BCUT2D eigenvalue weighted by molar-refractivity contribution is 5.76. The van der Waals surface area contributed by atoms with Gasteiger partial charge in [0.1, 0.15) is 0 Å². The number of nitrogens with zero attached hydrogens (tertiary/aromatic N) is 2. The van der Waals surface area contributed by atoms with Crippen LogP contribution in [0.25, 0.3) is 5.69 Å². The minimum Gasteiger partial charge on any atom is -0.352 e. The highest BCUT2D eigenvalue weighted by Gasteiger charge is 2.40. The molecule has 0 unspecified atom stereocenters. The summed E-state index contributed by atoms with van der Waals surface area (Å²) in [7, 11) is 0. The molecule has 0 aliphatic heterocycles. The lowest BCUT2D eigenvalue weighted by molar-refractivity contribution is -0.122. The van der Waals surface area contributed by atoms with Crippen molar-refractivity contribution < 1.29 is 4.79 Å². The van der Waals surface area contributed by atoms with Gasteiger partial charge in [-0.05, 0) is 63.0 Å². The summed E-state index contributed by atoms with van der Waals surface area (Å²) in [6.45, 7) is 4.67. The zero-order valence-corrected chi connectivity index (χ0v) is 15.2. The lowest BCUT2D eigenvalue weighted by Gasteiger charge is -2.20. The Balaban J connectivity index is 1.39. The molecule has 4 rings (SSSR count). The van der Waals surface area contributed by atoms with Gasteiger partial charge in [-0.2, -0.15) is 5.10 Å². The molecule has 2 aliphatic rings. The number of aromatic nitrogens is 2. The van der Waals surface area contributed by atoms with Crippen molar-refractivity contribution in [3.05, 3.63) is 47.3 Å². The molecule has 2 saturated carbocycles. The summed E-state index contributed by atoms with van der Waals surface area (Å²) in [6.07, 6.45) is 6.05. The third-order valence-corrected chi connectivity index (χ3v) is 6.24. The molecular weight excluding hydrogens is 310 g/mol. The average molecular weight is 337 g/mol. The Labute approximate surface area is 149 Å². The Hall–Kier alpha value is -2.10. The van der Waals surface area contributed by atoms with E-state index in [2.05, 4.69) is 29.5 Å². The molecule has 0 radical (unpaired) electrons. The summed E-state index contributed by atoms with van der Waals surface area (Å²) in [6, 6.07) is 10.1. The number of aryl methyl sites for hydroxylation is 1. The smallest absolute Gasteiger partial charge is 0.220 e. The maximum Gasteiger partial charge on any atom is 0.220 e.